The number of nitrogens with two attached hydrogens (primary N) is 1. The van der Waals surface area contributed by atoms with E-state index in [9.17, 15) is 18.5 Å². The molecule has 0 aliphatic heterocycles. The molecule has 2 aromatic rings. The van der Waals surface area contributed by atoms with E-state index in [1.165, 1.54) is 16.4 Å². The van der Waals surface area contributed by atoms with Gasteiger partial charge in [-0.2, -0.15) is 4.31 Å². The first kappa shape index (κ1) is 18.1. The molecule has 0 radical (unpaired) electrons. The lowest BCUT2D eigenvalue weighted by atomic mass is 10.2. The first-order chi connectivity index (χ1) is 11.4. The van der Waals surface area contributed by atoms with Crippen molar-refractivity contribution >= 4 is 15.7 Å². The molecule has 0 heterocycles. The largest absolute Gasteiger partial charge is 0.329 e. The smallest absolute Gasteiger partial charge is 0.289 e. The van der Waals surface area contributed by atoms with Crippen LogP contribution in [0.3, 0.4) is 0 Å². The number of benzene rings is 2. The Hall–Kier alpha value is -2.29. The molecule has 128 valence electrons. The number of nitrogens with zero attached hydrogens (tertiary/aromatic N) is 2. The number of hydrogen-bond donors (Lipinski definition) is 1. The van der Waals surface area contributed by atoms with Crippen molar-refractivity contribution in [3.05, 3.63) is 69.8 Å². The third kappa shape index (κ3) is 3.78. The summed E-state index contributed by atoms with van der Waals surface area (Å²) < 4.78 is 27.3. The summed E-state index contributed by atoms with van der Waals surface area (Å²) in [5.74, 6) is 0. The highest BCUT2D eigenvalue weighted by Crippen LogP contribution is 2.30. The Morgan fingerprint density at radius 3 is 2.38 bits per heavy atom. The fraction of sp³-hybridized carbons (Fsp3) is 0.250. The number of nitro benzene ring substituents is 1. The minimum Gasteiger partial charge on any atom is -0.329 e. The molecule has 0 aromatic heterocycles. The highest BCUT2D eigenvalue weighted by atomic mass is 32.2. The summed E-state index contributed by atoms with van der Waals surface area (Å²) in [6.07, 6.45) is 0. The van der Waals surface area contributed by atoms with Crippen molar-refractivity contribution in [2.75, 3.05) is 13.1 Å². The minimum absolute atomic E-state index is 0.0721. The predicted octanol–water partition coefficient (Wildman–Crippen LogP) is 2.05. The fourth-order valence-corrected chi connectivity index (χ4v) is 4.27. The van der Waals surface area contributed by atoms with Gasteiger partial charge >= 0.3 is 0 Å². The van der Waals surface area contributed by atoms with Crippen molar-refractivity contribution in [1.29, 1.82) is 0 Å². The molecule has 0 saturated heterocycles. The van der Waals surface area contributed by atoms with Gasteiger partial charge in [-0.25, -0.2) is 8.42 Å². The van der Waals surface area contributed by atoms with E-state index in [0.717, 1.165) is 5.56 Å². The Morgan fingerprint density at radius 2 is 1.79 bits per heavy atom. The van der Waals surface area contributed by atoms with E-state index in [4.69, 9.17) is 5.73 Å². The molecule has 0 bridgehead atoms. The average molecular weight is 349 g/mol. The van der Waals surface area contributed by atoms with Crippen LogP contribution < -0.4 is 5.73 Å². The molecule has 24 heavy (non-hydrogen) atoms. The highest BCUT2D eigenvalue weighted by Gasteiger charge is 2.33. The van der Waals surface area contributed by atoms with E-state index >= 15 is 0 Å². The summed E-state index contributed by atoms with van der Waals surface area (Å²) in [4.78, 5) is 10.3. The number of aryl methyl sites for hydroxylation is 1. The zero-order valence-corrected chi connectivity index (χ0v) is 14.1. The van der Waals surface area contributed by atoms with Gasteiger partial charge in [0.2, 0.25) is 0 Å². The Bertz CT molecular complexity index is 822. The van der Waals surface area contributed by atoms with Gasteiger partial charge in [-0.1, -0.05) is 42.5 Å². The molecule has 2 rings (SSSR count). The number of sulfonamides is 1. The molecule has 2 N–H and O–H groups in total. The number of hydrogen-bond acceptors (Lipinski definition) is 5. The molecule has 0 amide bonds. The second-order valence-electron chi connectivity index (χ2n) is 5.29. The van der Waals surface area contributed by atoms with Crippen LogP contribution in [0, 0.1) is 17.0 Å². The Kier molecular flexibility index (Phi) is 5.66. The monoisotopic (exact) mass is 349 g/mol. The molecule has 0 aliphatic carbocycles. The maximum absolute atomic E-state index is 13.0. The Balaban J connectivity index is 2.52. The van der Waals surface area contributed by atoms with Gasteiger partial charge < -0.3 is 5.73 Å². The summed E-state index contributed by atoms with van der Waals surface area (Å²) in [7, 11) is -4.06. The van der Waals surface area contributed by atoms with Gasteiger partial charge in [0.25, 0.3) is 15.7 Å². The van der Waals surface area contributed by atoms with Gasteiger partial charge in [-0.05, 0) is 18.1 Å². The molecular formula is C16H19N3O4S. The molecule has 0 atom stereocenters. The third-order valence-corrected chi connectivity index (χ3v) is 5.60. The first-order valence-corrected chi connectivity index (χ1v) is 8.80. The van der Waals surface area contributed by atoms with Gasteiger partial charge in [-0.3, -0.25) is 10.1 Å². The topological polar surface area (TPSA) is 107 Å². The van der Waals surface area contributed by atoms with E-state index in [1.807, 2.05) is 6.07 Å². The second kappa shape index (κ2) is 7.52. The van der Waals surface area contributed by atoms with Crippen LogP contribution >= 0.6 is 0 Å². The molecule has 7 nitrogen and oxygen atoms in total. The maximum Gasteiger partial charge on any atom is 0.289 e. The summed E-state index contributed by atoms with van der Waals surface area (Å²) >= 11 is 0. The van der Waals surface area contributed by atoms with Gasteiger partial charge in [0.1, 0.15) is 0 Å². The molecule has 0 fully saturated rings. The van der Waals surface area contributed by atoms with Gasteiger partial charge in [0.15, 0.2) is 4.90 Å². The summed E-state index contributed by atoms with van der Waals surface area (Å²) in [6.45, 7) is 1.84. The van der Waals surface area contributed by atoms with Crippen LogP contribution in [0.25, 0.3) is 0 Å². The molecule has 0 aliphatic rings. The van der Waals surface area contributed by atoms with E-state index in [1.54, 1.807) is 37.3 Å². The maximum atomic E-state index is 13.0. The Labute approximate surface area is 140 Å². The highest BCUT2D eigenvalue weighted by molar-refractivity contribution is 7.89. The second-order valence-corrected chi connectivity index (χ2v) is 7.17. The van der Waals surface area contributed by atoms with Gasteiger partial charge in [-0.15, -0.1) is 0 Å². The average Bonchev–Trinajstić information content (AvgIpc) is 2.55. The zero-order valence-electron chi connectivity index (χ0n) is 13.3. The number of nitro groups is 1. The SMILES string of the molecule is Cc1cccc([N+](=O)[O-])c1S(=O)(=O)N(CCN)Cc1ccccc1. The first-order valence-electron chi connectivity index (χ1n) is 7.36. The molecule has 0 saturated carbocycles. The van der Waals surface area contributed by atoms with Crippen molar-refractivity contribution in [3.8, 4) is 0 Å². The lowest BCUT2D eigenvalue weighted by molar-refractivity contribution is -0.387. The molecular weight excluding hydrogens is 330 g/mol. The normalized spacial score (nSPS) is 11.6. The molecule has 2 aromatic carbocycles. The van der Waals surface area contributed by atoms with Crippen molar-refractivity contribution in [3.63, 3.8) is 0 Å². The lowest BCUT2D eigenvalue weighted by Gasteiger charge is -2.22. The number of rotatable bonds is 7. The van der Waals surface area contributed by atoms with Crippen LogP contribution in [0.1, 0.15) is 11.1 Å². The fourth-order valence-electron chi connectivity index (χ4n) is 2.46. The standard InChI is InChI=1S/C16H19N3O4S/c1-13-6-5-9-15(19(20)21)16(13)24(22,23)18(11-10-17)12-14-7-3-2-4-8-14/h2-9H,10-12,17H2,1H3. The van der Waals surface area contributed by atoms with Crippen molar-refractivity contribution in [2.45, 2.75) is 18.4 Å². The minimum atomic E-state index is -4.06. The van der Waals surface area contributed by atoms with Gasteiger partial charge in [0, 0.05) is 25.7 Å². The van der Waals surface area contributed by atoms with E-state index in [-0.39, 0.29) is 24.5 Å². The van der Waals surface area contributed by atoms with E-state index < -0.39 is 20.6 Å². The van der Waals surface area contributed by atoms with E-state index in [0.29, 0.717) is 5.56 Å². The van der Waals surface area contributed by atoms with Crippen molar-refractivity contribution in [2.24, 2.45) is 5.73 Å². The molecule has 8 heteroatoms. The lowest BCUT2D eigenvalue weighted by Crippen LogP contribution is -2.35. The van der Waals surface area contributed by atoms with Crippen LogP contribution in [-0.2, 0) is 16.6 Å². The molecule has 0 unspecified atom stereocenters. The quantitative estimate of drug-likeness (QED) is 0.608. The summed E-state index contributed by atoms with van der Waals surface area (Å²) in [5.41, 5.74) is 6.24. The van der Waals surface area contributed by atoms with Crippen molar-refractivity contribution < 1.29 is 13.3 Å². The Morgan fingerprint density at radius 1 is 1.12 bits per heavy atom. The van der Waals surface area contributed by atoms with Crippen LogP contribution in [0.5, 0.6) is 0 Å². The van der Waals surface area contributed by atoms with E-state index in [2.05, 4.69) is 0 Å². The zero-order chi connectivity index (χ0) is 17.7. The van der Waals surface area contributed by atoms with Crippen molar-refractivity contribution in [1.82, 2.24) is 4.31 Å². The summed E-state index contributed by atoms with van der Waals surface area (Å²) in [6, 6.07) is 13.2. The van der Waals surface area contributed by atoms with Crippen LogP contribution in [-0.4, -0.2) is 30.7 Å². The third-order valence-electron chi connectivity index (χ3n) is 3.57. The predicted molar refractivity (Wildman–Crippen MR) is 90.9 cm³/mol. The van der Waals surface area contributed by atoms with Crippen LogP contribution in [0.4, 0.5) is 5.69 Å². The van der Waals surface area contributed by atoms with Gasteiger partial charge in [0.05, 0.1) is 4.92 Å². The summed E-state index contributed by atoms with van der Waals surface area (Å²) in [5, 5.41) is 11.3. The molecule has 0 spiro atoms. The van der Waals surface area contributed by atoms with Crippen LogP contribution in [0.15, 0.2) is 53.4 Å². The van der Waals surface area contributed by atoms with Crippen LogP contribution in [0.2, 0.25) is 0 Å².